The molecule has 1 aliphatic rings. The molecule has 1 fully saturated rings. The van der Waals surface area contributed by atoms with Gasteiger partial charge in [0.1, 0.15) is 29.3 Å². The number of nitrogen functional groups attached to an aromatic ring is 1. The number of hydrogen-bond acceptors (Lipinski definition) is 6. The number of anilines is 1. The van der Waals surface area contributed by atoms with Crippen LogP contribution in [0.4, 0.5) is 19.0 Å². The Morgan fingerprint density at radius 1 is 1.22 bits per heavy atom. The maximum atomic E-state index is 15.0. The van der Waals surface area contributed by atoms with E-state index in [2.05, 4.69) is 31.2 Å². The predicted molar refractivity (Wildman–Crippen MR) is 131 cm³/mol. The second-order valence-corrected chi connectivity index (χ2v) is 9.64. The van der Waals surface area contributed by atoms with Gasteiger partial charge in [0, 0.05) is 16.0 Å². The van der Waals surface area contributed by atoms with Crippen LogP contribution >= 0.6 is 15.9 Å². The molecular formula is C25H24BrF3N4O3. The van der Waals surface area contributed by atoms with Gasteiger partial charge in [-0.15, -0.1) is 0 Å². The molecule has 1 amide bonds. The van der Waals surface area contributed by atoms with Crippen molar-refractivity contribution in [2.45, 2.75) is 43.5 Å². The summed E-state index contributed by atoms with van der Waals surface area (Å²) in [5.74, 6) is -2.45. The average molecular weight is 565 g/mol. The van der Waals surface area contributed by atoms with Crippen LogP contribution in [-0.2, 0) is 0 Å². The molecule has 0 aliphatic heterocycles. The lowest BCUT2D eigenvalue weighted by atomic mass is 9.84. The Bertz CT molecular complexity index is 1260. The topological polar surface area (TPSA) is 121 Å². The number of alkyl halides is 1. The van der Waals surface area contributed by atoms with Gasteiger partial charge in [-0.05, 0) is 55.2 Å². The van der Waals surface area contributed by atoms with Gasteiger partial charge in [0.05, 0.1) is 36.2 Å². The highest BCUT2D eigenvalue weighted by atomic mass is 79.9. The van der Waals surface area contributed by atoms with E-state index in [1.54, 1.807) is 0 Å². The van der Waals surface area contributed by atoms with Crippen molar-refractivity contribution >= 4 is 27.7 Å². The summed E-state index contributed by atoms with van der Waals surface area (Å²) in [6, 6.07) is 6.77. The fourth-order valence-electron chi connectivity index (χ4n) is 4.28. The van der Waals surface area contributed by atoms with E-state index in [0.717, 1.165) is 12.1 Å². The van der Waals surface area contributed by atoms with Gasteiger partial charge < -0.3 is 21.3 Å². The quantitative estimate of drug-likeness (QED) is 0.356. The zero-order valence-electron chi connectivity index (χ0n) is 19.0. The van der Waals surface area contributed by atoms with Gasteiger partial charge >= 0.3 is 0 Å². The van der Waals surface area contributed by atoms with E-state index < -0.39 is 42.5 Å². The van der Waals surface area contributed by atoms with Gasteiger partial charge in [-0.3, -0.25) is 4.79 Å². The van der Waals surface area contributed by atoms with Crippen molar-refractivity contribution in [3.05, 3.63) is 75.5 Å². The van der Waals surface area contributed by atoms with Crippen molar-refractivity contribution in [1.29, 1.82) is 0 Å². The number of nitrogens with one attached hydrogen (secondary N) is 1. The van der Waals surface area contributed by atoms with Crippen LogP contribution in [0.2, 0.25) is 0 Å². The van der Waals surface area contributed by atoms with Crippen molar-refractivity contribution < 1.29 is 28.2 Å². The number of benzene rings is 2. The van der Waals surface area contributed by atoms with E-state index in [9.17, 15) is 28.2 Å². The van der Waals surface area contributed by atoms with Crippen LogP contribution in [0.5, 0.6) is 0 Å². The molecule has 11 heteroatoms. The Kier molecular flexibility index (Phi) is 7.91. The molecule has 3 aromatic rings. The van der Waals surface area contributed by atoms with E-state index >= 15 is 0 Å². The molecule has 1 heterocycles. The van der Waals surface area contributed by atoms with Crippen molar-refractivity contribution in [3.8, 4) is 11.3 Å². The Balaban J connectivity index is 1.56. The summed E-state index contributed by atoms with van der Waals surface area (Å²) in [7, 11) is 0. The number of aromatic nitrogens is 2. The maximum absolute atomic E-state index is 15.0. The highest BCUT2D eigenvalue weighted by Crippen LogP contribution is 2.35. The van der Waals surface area contributed by atoms with Crippen LogP contribution < -0.4 is 11.1 Å². The standard InChI is InChI=1S/C25H24BrF3N4O3/c26-15-5-14(6-16(27)9-15)21(11-34)33-25(36)17-3-1-13(8-18(17)28)23-24(30)31-10-20(32-23)12-2-4-22(35)19(29)7-12/h1,3,5-6,8-10,12,19,21-22,34-35H,2,4,7,11H2,(H2,30,31)(H,33,36)/t12-,19+,21+,22-/m0/s1. The summed E-state index contributed by atoms with van der Waals surface area (Å²) in [6.45, 7) is -0.530. The number of nitrogens with two attached hydrogens (primary N) is 1. The minimum Gasteiger partial charge on any atom is -0.394 e. The summed E-state index contributed by atoms with van der Waals surface area (Å²) in [5.41, 5.74) is 6.94. The van der Waals surface area contributed by atoms with E-state index in [1.807, 2.05) is 0 Å². The molecule has 0 bridgehead atoms. The summed E-state index contributed by atoms with van der Waals surface area (Å²) < 4.78 is 43.2. The summed E-state index contributed by atoms with van der Waals surface area (Å²) >= 11 is 3.16. The normalized spacial score (nSPS) is 20.7. The number of nitrogens with zero attached hydrogens (tertiary/aromatic N) is 2. The number of aliphatic hydroxyl groups excluding tert-OH is 2. The van der Waals surface area contributed by atoms with Gasteiger partial charge in [-0.2, -0.15) is 0 Å². The molecule has 0 unspecified atom stereocenters. The minimum absolute atomic E-state index is 0.0417. The van der Waals surface area contributed by atoms with Gasteiger partial charge in [0.25, 0.3) is 5.91 Å². The predicted octanol–water partition coefficient (Wildman–Crippen LogP) is 4.20. The Labute approximate surface area is 213 Å². The number of aliphatic hydroxyl groups is 2. The summed E-state index contributed by atoms with van der Waals surface area (Å²) in [6.07, 6.45) is 0.0155. The zero-order chi connectivity index (χ0) is 26.0. The number of carbonyl (C=O) groups excluding carboxylic acids is 1. The first-order chi connectivity index (χ1) is 17.2. The molecule has 1 saturated carbocycles. The monoisotopic (exact) mass is 564 g/mol. The van der Waals surface area contributed by atoms with Crippen molar-refractivity contribution in [2.24, 2.45) is 0 Å². The first-order valence-electron chi connectivity index (χ1n) is 11.3. The van der Waals surface area contributed by atoms with Crippen LogP contribution in [-0.4, -0.2) is 45.0 Å². The second-order valence-electron chi connectivity index (χ2n) is 8.73. The van der Waals surface area contributed by atoms with Crippen LogP contribution in [0.15, 0.2) is 47.1 Å². The SMILES string of the molecule is Nc1ncc([C@H]2CC[C@H](O)[C@H](F)C2)nc1-c1ccc(C(=O)N[C@H](CO)c2cc(F)cc(Br)c2)c(F)c1. The average Bonchev–Trinajstić information content (AvgIpc) is 2.83. The van der Waals surface area contributed by atoms with E-state index in [1.165, 1.54) is 30.5 Å². The first kappa shape index (κ1) is 26.1. The number of carbonyl (C=O) groups is 1. The molecular weight excluding hydrogens is 541 g/mol. The molecule has 5 N–H and O–H groups in total. The zero-order valence-corrected chi connectivity index (χ0v) is 20.6. The maximum Gasteiger partial charge on any atom is 0.254 e. The third-order valence-electron chi connectivity index (χ3n) is 6.24. The third-order valence-corrected chi connectivity index (χ3v) is 6.70. The van der Waals surface area contributed by atoms with Crippen LogP contribution in [0.3, 0.4) is 0 Å². The number of halogens is 4. The van der Waals surface area contributed by atoms with Gasteiger partial charge in [0.2, 0.25) is 0 Å². The Morgan fingerprint density at radius 3 is 2.67 bits per heavy atom. The summed E-state index contributed by atoms with van der Waals surface area (Å²) in [4.78, 5) is 21.3. The number of rotatable bonds is 6. The molecule has 2 aromatic carbocycles. The lowest BCUT2D eigenvalue weighted by Gasteiger charge is -2.28. The first-order valence-corrected chi connectivity index (χ1v) is 12.1. The van der Waals surface area contributed by atoms with Crippen LogP contribution in [0.25, 0.3) is 11.3 Å². The van der Waals surface area contributed by atoms with E-state index in [-0.39, 0.29) is 35.0 Å². The van der Waals surface area contributed by atoms with Gasteiger partial charge in [0.15, 0.2) is 0 Å². The molecule has 190 valence electrons. The molecule has 7 nitrogen and oxygen atoms in total. The van der Waals surface area contributed by atoms with Crippen molar-refractivity contribution in [3.63, 3.8) is 0 Å². The van der Waals surface area contributed by atoms with Crippen LogP contribution in [0, 0.1) is 11.6 Å². The summed E-state index contributed by atoms with van der Waals surface area (Å²) in [5, 5.41) is 21.8. The highest BCUT2D eigenvalue weighted by Gasteiger charge is 2.31. The lowest BCUT2D eigenvalue weighted by molar-refractivity contribution is 0.0363. The van der Waals surface area contributed by atoms with Crippen molar-refractivity contribution in [1.82, 2.24) is 15.3 Å². The molecule has 0 saturated heterocycles. The van der Waals surface area contributed by atoms with E-state index in [4.69, 9.17) is 5.73 Å². The van der Waals surface area contributed by atoms with Gasteiger partial charge in [-0.1, -0.05) is 22.0 Å². The molecule has 1 aromatic heterocycles. The van der Waals surface area contributed by atoms with Crippen LogP contribution in [0.1, 0.15) is 52.8 Å². The molecule has 0 radical (unpaired) electrons. The highest BCUT2D eigenvalue weighted by molar-refractivity contribution is 9.10. The Hall–Kier alpha value is -3.02. The van der Waals surface area contributed by atoms with E-state index in [0.29, 0.717) is 28.6 Å². The Morgan fingerprint density at radius 2 is 2.00 bits per heavy atom. The third kappa shape index (κ3) is 5.69. The number of hydrogen-bond donors (Lipinski definition) is 4. The minimum atomic E-state index is -1.36. The largest absolute Gasteiger partial charge is 0.394 e. The molecule has 0 spiro atoms. The molecule has 1 aliphatic carbocycles. The fraction of sp³-hybridized carbons (Fsp3) is 0.320. The number of amides is 1. The van der Waals surface area contributed by atoms with Crippen molar-refractivity contribution in [2.75, 3.05) is 12.3 Å². The van der Waals surface area contributed by atoms with Gasteiger partial charge in [-0.25, -0.2) is 23.1 Å². The smallest absolute Gasteiger partial charge is 0.254 e. The molecule has 36 heavy (non-hydrogen) atoms. The second kappa shape index (κ2) is 10.9. The molecule has 4 atom stereocenters. The lowest BCUT2D eigenvalue weighted by Crippen LogP contribution is -2.31. The molecule has 4 rings (SSSR count). The fourth-order valence-corrected chi connectivity index (χ4v) is 4.77.